The molecule has 1 aromatic carbocycles. The molecule has 7 heteroatoms. The maximum absolute atomic E-state index is 12.9. The van der Waals surface area contributed by atoms with E-state index < -0.39 is 0 Å². The number of hydrogen-bond donors (Lipinski definition) is 0. The van der Waals surface area contributed by atoms with E-state index in [1.54, 1.807) is 31.1 Å². The molecule has 0 aliphatic heterocycles. The minimum Gasteiger partial charge on any atom is -0.497 e. The van der Waals surface area contributed by atoms with Gasteiger partial charge in [0.2, 0.25) is 0 Å². The molecule has 2 rings (SSSR count). The number of hydrogen-bond acceptors (Lipinski definition) is 6. The van der Waals surface area contributed by atoms with E-state index in [0.29, 0.717) is 13.2 Å². The lowest BCUT2D eigenvalue weighted by Gasteiger charge is -2.31. The number of likely N-dealkylation sites (N-methyl/N-ethyl adjacent to an activating group) is 1. The van der Waals surface area contributed by atoms with Crippen LogP contribution in [0.1, 0.15) is 35.5 Å². The number of furan rings is 1. The molecule has 28 heavy (non-hydrogen) atoms. The molecule has 1 aromatic heterocycles. The molecule has 2 aromatic rings. The Hall–Kier alpha value is -2.80. The van der Waals surface area contributed by atoms with E-state index in [4.69, 9.17) is 13.9 Å². The SMILES string of the molecule is CCOC(=O)CCN(CC(c1ccc(OC)cc1)N(C)C)C(=O)c1ccco1. The number of carbonyl (C=O) groups excluding carboxylic acids is 2. The molecule has 152 valence electrons. The van der Waals surface area contributed by atoms with Crippen molar-refractivity contribution in [1.29, 1.82) is 0 Å². The lowest BCUT2D eigenvalue weighted by atomic mass is 10.0. The predicted octanol–water partition coefficient (Wildman–Crippen LogP) is 2.99. The van der Waals surface area contributed by atoms with Gasteiger partial charge in [0.05, 0.1) is 32.4 Å². The highest BCUT2D eigenvalue weighted by molar-refractivity contribution is 5.91. The van der Waals surface area contributed by atoms with E-state index >= 15 is 0 Å². The molecule has 0 N–H and O–H groups in total. The van der Waals surface area contributed by atoms with Gasteiger partial charge >= 0.3 is 5.97 Å². The van der Waals surface area contributed by atoms with Crippen LogP contribution < -0.4 is 4.74 Å². The number of carbonyl (C=O) groups is 2. The average Bonchev–Trinajstić information content (AvgIpc) is 3.22. The van der Waals surface area contributed by atoms with Crippen LogP contribution in [0.15, 0.2) is 47.1 Å². The molecule has 0 saturated heterocycles. The molecular weight excluding hydrogens is 360 g/mol. The van der Waals surface area contributed by atoms with Gasteiger partial charge in [0, 0.05) is 13.1 Å². The van der Waals surface area contributed by atoms with Crippen LogP contribution in [-0.2, 0) is 9.53 Å². The number of esters is 1. The molecule has 7 nitrogen and oxygen atoms in total. The summed E-state index contributed by atoms with van der Waals surface area (Å²) in [7, 11) is 5.53. The Morgan fingerprint density at radius 2 is 1.86 bits per heavy atom. The number of ether oxygens (including phenoxy) is 2. The largest absolute Gasteiger partial charge is 0.497 e. The summed E-state index contributed by atoms with van der Waals surface area (Å²) >= 11 is 0. The summed E-state index contributed by atoms with van der Waals surface area (Å²) in [6, 6.07) is 11.0. The molecule has 0 saturated carbocycles. The third-order valence-corrected chi connectivity index (χ3v) is 4.43. The zero-order chi connectivity index (χ0) is 20.5. The first-order valence-corrected chi connectivity index (χ1v) is 9.25. The summed E-state index contributed by atoms with van der Waals surface area (Å²) in [5, 5.41) is 0. The molecule has 0 bridgehead atoms. The van der Waals surface area contributed by atoms with Crippen molar-refractivity contribution in [3.63, 3.8) is 0 Å². The molecule has 0 spiro atoms. The third-order valence-electron chi connectivity index (χ3n) is 4.43. The fourth-order valence-corrected chi connectivity index (χ4v) is 2.89. The van der Waals surface area contributed by atoms with Crippen molar-refractivity contribution in [2.24, 2.45) is 0 Å². The number of amides is 1. The van der Waals surface area contributed by atoms with Gasteiger partial charge in [0.25, 0.3) is 5.91 Å². The van der Waals surface area contributed by atoms with Gasteiger partial charge in [0.15, 0.2) is 5.76 Å². The number of rotatable bonds is 10. The second-order valence-corrected chi connectivity index (χ2v) is 6.54. The van der Waals surface area contributed by atoms with Gasteiger partial charge in [-0.05, 0) is 50.8 Å². The molecule has 0 radical (unpaired) electrons. The summed E-state index contributed by atoms with van der Waals surface area (Å²) in [5.41, 5.74) is 1.04. The Morgan fingerprint density at radius 1 is 1.14 bits per heavy atom. The highest BCUT2D eigenvalue weighted by Gasteiger charge is 2.25. The zero-order valence-electron chi connectivity index (χ0n) is 16.9. The first-order valence-electron chi connectivity index (χ1n) is 9.25. The molecule has 0 fully saturated rings. The molecule has 1 heterocycles. The smallest absolute Gasteiger partial charge is 0.307 e. The number of methoxy groups -OCH3 is 1. The second-order valence-electron chi connectivity index (χ2n) is 6.54. The zero-order valence-corrected chi connectivity index (χ0v) is 16.9. The molecule has 1 atom stereocenters. The number of benzene rings is 1. The average molecular weight is 388 g/mol. The van der Waals surface area contributed by atoms with E-state index in [-0.39, 0.29) is 36.6 Å². The third kappa shape index (κ3) is 5.85. The van der Waals surface area contributed by atoms with Crippen LogP contribution in [-0.4, -0.2) is 62.6 Å². The quantitative estimate of drug-likeness (QED) is 0.583. The molecule has 0 aliphatic rings. The Kier molecular flexibility index (Phi) is 8.07. The maximum atomic E-state index is 12.9. The molecule has 1 unspecified atom stereocenters. The van der Waals surface area contributed by atoms with E-state index in [2.05, 4.69) is 0 Å². The summed E-state index contributed by atoms with van der Waals surface area (Å²) in [6.45, 7) is 2.73. The summed E-state index contributed by atoms with van der Waals surface area (Å²) in [4.78, 5) is 28.4. The normalized spacial score (nSPS) is 11.9. The lowest BCUT2D eigenvalue weighted by molar-refractivity contribution is -0.143. The highest BCUT2D eigenvalue weighted by Crippen LogP contribution is 2.23. The monoisotopic (exact) mass is 388 g/mol. The van der Waals surface area contributed by atoms with Crippen LogP contribution in [0.4, 0.5) is 0 Å². The Labute approximate surface area is 165 Å². The van der Waals surface area contributed by atoms with Crippen LogP contribution in [0.2, 0.25) is 0 Å². The van der Waals surface area contributed by atoms with Crippen LogP contribution in [0, 0.1) is 0 Å². The summed E-state index contributed by atoms with van der Waals surface area (Å²) < 4.78 is 15.5. The maximum Gasteiger partial charge on any atom is 0.307 e. The summed E-state index contributed by atoms with van der Waals surface area (Å²) in [6.07, 6.45) is 1.59. The van der Waals surface area contributed by atoms with E-state index in [1.807, 2.05) is 43.3 Å². The first kappa shape index (κ1) is 21.5. The first-order chi connectivity index (χ1) is 13.5. The van der Waals surface area contributed by atoms with Crippen LogP contribution in [0.25, 0.3) is 0 Å². The fraction of sp³-hybridized carbons (Fsp3) is 0.429. The predicted molar refractivity (Wildman–Crippen MR) is 105 cm³/mol. The van der Waals surface area contributed by atoms with Crippen molar-refractivity contribution in [1.82, 2.24) is 9.80 Å². The van der Waals surface area contributed by atoms with Crippen LogP contribution >= 0.6 is 0 Å². The summed E-state index contributed by atoms with van der Waals surface area (Å²) in [5.74, 6) is 0.434. The van der Waals surface area contributed by atoms with Crippen LogP contribution in [0.5, 0.6) is 5.75 Å². The van der Waals surface area contributed by atoms with E-state index in [0.717, 1.165) is 11.3 Å². The van der Waals surface area contributed by atoms with Crippen molar-refractivity contribution in [3.8, 4) is 5.75 Å². The van der Waals surface area contributed by atoms with Crippen molar-refractivity contribution in [2.45, 2.75) is 19.4 Å². The second kappa shape index (κ2) is 10.5. The fourth-order valence-electron chi connectivity index (χ4n) is 2.89. The van der Waals surface area contributed by atoms with E-state index in [9.17, 15) is 9.59 Å². The van der Waals surface area contributed by atoms with Gasteiger partial charge in [-0.2, -0.15) is 0 Å². The minimum atomic E-state index is -0.328. The van der Waals surface area contributed by atoms with Crippen molar-refractivity contribution >= 4 is 11.9 Å². The van der Waals surface area contributed by atoms with E-state index in [1.165, 1.54) is 6.26 Å². The number of nitrogens with zero attached hydrogens (tertiary/aromatic N) is 2. The van der Waals surface area contributed by atoms with Gasteiger partial charge in [-0.1, -0.05) is 12.1 Å². The van der Waals surface area contributed by atoms with Crippen LogP contribution in [0.3, 0.4) is 0 Å². The lowest BCUT2D eigenvalue weighted by Crippen LogP contribution is -2.40. The molecule has 0 aliphatic carbocycles. The van der Waals surface area contributed by atoms with Gasteiger partial charge < -0.3 is 23.7 Å². The van der Waals surface area contributed by atoms with Crippen molar-refractivity contribution in [3.05, 3.63) is 54.0 Å². The molecule has 1 amide bonds. The standard InChI is InChI=1S/C21H28N2O5/c1-5-27-20(24)12-13-23(21(25)19-7-6-14-28-19)15-18(22(2)3)16-8-10-17(26-4)11-9-16/h6-11,14,18H,5,12-13,15H2,1-4H3. The molecular formula is C21H28N2O5. The van der Waals surface area contributed by atoms with Gasteiger partial charge in [-0.15, -0.1) is 0 Å². The Bertz CT molecular complexity index is 741. The van der Waals surface area contributed by atoms with Gasteiger partial charge in [-0.25, -0.2) is 0 Å². The van der Waals surface area contributed by atoms with Crippen molar-refractivity contribution in [2.75, 3.05) is 40.9 Å². The minimum absolute atomic E-state index is 0.0630. The Balaban J connectivity index is 2.20. The van der Waals surface area contributed by atoms with Gasteiger partial charge in [-0.3, -0.25) is 9.59 Å². The van der Waals surface area contributed by atoms with Gasteiger partial charge in [0.1, 0.15) is 5.75 Å². The Morgan fingerprint density at radius 3 is 2.39 bits per heavy atom. The highest BCUT2D eigenvalue weighted by atomic mass is 16.5. The van der Waals surface area contributed by atoms with Crippen molar-refractivity contribution < 1.29 is 23.5 Å². The topological polar surface area (TPSA) is 72.2 Å².